The fourth-order valence-electron chi connectivity index (χ4n) is 4.59. The quantitative estimate of drug-likeness (QED) is 0.534. The van der Waals surface area contributed by atoms with Crippen molar-refractivity contribution in [2.75, 3.05) is 38.7 Å². The van der Waals surface area contributed by atoms with Gasteiger partial charge in [-0.15, -0.1) is 0 Å². The third-order valence-corrected chi connectivity index (χ3v) is 7.87. The molecule has 41 heavy (non-hydrogen) atoms. The van der Waals surface area contributed by atoms with E-state index >= 15 is 0 Å². The predicted octanol–water partition coefficient (Wildman–Crippen LogP) is 3.54. The Labute approximate surface area is 246 Å². The maximum absolute atomic E-state index is 13.8. The lowest BCUT2D eigenvalue weighted by Gasteiger charge is -2.23. The number of ether oxygens (including phenoxy) is 2. The van der Waals surface area contributed by atoms with E-state index in [1.165, 1.54) is 6.92 Å². The molecule has 3 atom stereocenters. The van der Waals surface area contributed by atoms with Crippen LogP contribution >= 0.6 is 11.8 Å². The van der Waals surface area contributed by atoms with Crippen molar-refractivity contribution < 1.29 is 28.7 Å². The molecule has 1 aliphatic rings. The first-order valence-corrected chi connectivity index (χ1v) is 14.9. The SMILES string of the molecule is C=C1COCCOCCNC(=O)[C@@H](CC(C)=O)CSC(=O)[C@H](Cc2ccccc2)CC(=O)[C@H](Cc2ccccc2)N1. The second-order valence-corrected chi connectivity index (χ2v) is 11.3. The van der Waals surface area contributed by atoms with Crippen LogP contribution in [0.15, 0.2) is 72.9 Å². The second kappa shape index (κ2) is 17.5. The summed E-state index contributed by atoms with van der Waals surface area (Å²) in [6.45, 7) is 6.91. The second-order valence-electron chi connectivity index (χ2n) is 10.2. The molecule has 1 heterocycles. The standard InChI is InChI=1S/C32H40N2O6S/c1-23-21-40-16-15-39-14-13-33-31(37)28(17-24(2)35)22-41-32(38)27(18-25-9-5-3-6-10-25)20-30(36)29(34-23)19-26-11-7-4-8-12-26/h3-12,27-29,34H,1,13-22H2,2H3,(H,33,37)/t27-,28+,29+/m1/s1. The highest BCUT2D eigenvalue weighted by Gasteiger charge is 2.29. The highest BCUT2D eigenvalue weighted by atomic mass is 32.2. The minimum atomic E-state index is -0.657. The molecular formula is C32H40N2O6S. The van der Waals surface area contributed by atoms with Gasteiger partial charge in [-0.3, -0.25) is 14.4 Å². The zero-order valence-electron chi connectivity index (χ0n) is 23.6. The van der Waals surface area contributed by atoms with Gasteiger partial charge in [-0.25, -0.2) is 0 Å². The Bertz CT molecular complexity index is 1160. The summed E-state index contributed by atoms with van der Waals surface area (Å²) in [6, 6.07) is 18.7. The number of amides is 1. The Morgan fingerprint density at radius 2 is 1.54 bits per heavy atom. The van der Waals surface area contributed by atoms with Gasteiger partial charge in [-0.1, -0.05) is 79.0 Å². The van der Waals surface area contributed by atoms with Gasteiger partial charge in [0.05, 0.1) is 38.4 Å². The van der Waals surface area contributed by atoms with Crippen LogP contribution in [-0.4, -0.2) is 67.4 Å². The van der Waals surface area contributed by atoms with Crippen LogP contribution in [0.4, 0.5) is 0 Å². The van der Waals surface area contributed by atoms with Crippen LogP contribution in [0.1, 0.15) is 30.9 Å². The van der Waals surface area contributed by atoms with Crippen molar-refractivity contribution >= 4 is 34.4 Å². The molecule has 0 radical (unpaired) electrons. The van der Waals surface area contributed by atoms with Crippen LogP contribution in [0, 0.1) is 11.8 Å². The van der Waals surface area contributed by atoms with Crippen molar-refractivity contribution in [3.8, 4) is 0 Å². The van der Waals surface area contributed by atoms with Crippen molar-refractivity contribution in [2.24, 2.45) is 11.8 Å². The molecule has 3 rings (SSSR count). The fourth-order valence-corrected chi connectivity index (χ4v) is 5.62. The number of carbonyl (C=O) groups excluding carboxylic acids is 4. The van der Waals surface area contributed by atoms with Gasteiger partial charge < -0.3 is 24.9 Å². The Kier molecular flexibility index (Phi) is 13.8. The van der Waals surface area contributed by atoms with E-state index in [1.807, 2.05) is 60.7 Å². The van der Waals surface area contributed by atoms with Gasteiger partial charge in [0, 0.05) is 36.8 Å². The zero-order chi connectivity index (χ0) is 29.5. The van der Waals surface area contributed by atoms with Gasteiger partial charge >= 0.3 is 0 Å². The molecule has 1 fully saturated rings. The van der Waals surface area contributed by atoms with Crippen molar-refractivity contribution in [3.63, 3.8) is 0 Å². The molecule has 0 unspecified atom stereocenters. The Morgan fingerprint density at radius 3 is 2.20 bits per heavy atom. The smallest absolute Gasteiger partial charge is 0.224 e. The number of Topliss-reactive ketones (excluding diaryl/α,β-unsaturated/α-hetero) is 2. The van der Waals surface area contributed by atoms with Gasteiger partial charge in [-0.05, 0) is 30.9 Å². The number of hydrogen-bond donors (Lipinski definition) is 2. The fraction of sp³-hybridized carbons (Fsp3) is 0.438. The van der Waals surface area contributed by atoms with E-state index < -0.39 is 17.9 Å². The van der Waals surface area contributed by atoms with Gasteiger partial charge in [0.25, 0.3) is 0 Å². The largest absolute Gasteiger partial charge is 0.377 e. The topological polar surface area (TPSA) is 111 Å². The zero-order valence-corrected chi connectivity index (χ0v) is 24.5. The first-order chi connectivity index (χ1) is 19.8. The lowest BCUT2D eigenvalue weighted by Crippen LogP contribution is -2.40. The van der Waals surface area contributed by atoms with Crippen LogP contribution in [0.2, 0.25) is 0 Å². The van der Waals surface area contributed by atoms with Crippen molar-refractivity contribution in [2.45, 2.75) is 38.6 Å². The summed E-state index contributed by atoms with van der Waals surface area (Å²) >= 11 is 1.02. The van der Waals surface area contributed by atoms with Gasteiger partial charge in [0.2, 0.25) is 5.91 Å². The first-order valence-electron chi connectivity index (χ1n) is 14.0. The molecule has 9 heteroatoms. The molecular weight excluding hydrogens is 540 g/mol. The van der Waals surface area contributed by atoms with Crippen LogP contribution in [-0.2, 0) is 41.5 Å². The molecule has 0 aliphatic carbocycles. The Balaban J connectivity index is 1.84. The van der Waals surface area contributed by atoms with E-state index in [0.29, 0.717) is 38.4 Å². The molecule has 8 nitrogen and oxygen atoms in total. The maximum Gasteiger partial charge on any atom is 0.224 e. The van der Waals surface area contributed by atoms with E-state index in [0.717, 1.165) is 22.9 Å². The number of ketones is 2. The molecule has 0 aromatic heterocycles. The Hall–Kier alpha value is -3.27. The van der Waals surface area contributed by atoms with Gasteiger partial charge in [0.1, 0.15) is 5.78 Å². The van der Waals surface area contributed by atoms with Gasteiger partial charge in [0.15, 0.2) is 10.9 Å². The highest BCUT2D eigenvalue weighted by molar-refractivity contribution is 8.13. The van der Waals surface area contributed by atoms with E-state index in [4.69, 9.17) is 9.47 Å². The number of nitrogens with one attached hydrogen (secondary N) is 2. The lowest BCUT2D eigenvalue weighted by atomic mass is 9.91. The minimum Gasteiger partial charge on any atom is -0.377 e. The van der Waals surface area contributed by atoms with Gasteiger partial charge in [-0.2, -0.15) is 0 Å². The normalized spacial score (nSPS) is 22.5. The van der Waals surface area contributed by atoms with Crippen molar-refractivity contribution in [1.29, 1.82) is 0 Å². The number of thioether (sulfide) groups is 1. The summed E-state index contributed by atoms with van der Waals surface area (Å²) in [7, 11) is 0. The average Bonchev–Trinajstić information content (AvgIpc) is 2.96. The molecule has 0 saturated carbocycles. The molecule has 0 spiro atoms. The maximum atomic E-state index is 13.8. The number of carbonyl (C=O) groups is 4. The van der Waals surface area contributed by atoms with Crippen LogP contribution in [0.25, 0.3) is 0 Å². The summed E-state index contributed by atoms with van der Waals surface area (Å²) in [6.07, 6.45) is 0.883. The summed E-state index contributed by atoms with van der Waals surface area (Å²) in [5, 5.41) is 5.87. The van der Waals surface area contributed by atoms with E-state index in [-0.39, 0.29) is 54.3 Å². The molecule has 1 amide bonds. The van der Waals surface area contributed by atoms with E-state index in [2.05, 4.69) is 17.2 Å². The van der Waals surface area contributed by atoms with Crippen LogP contribution in [0.3, 0.4) is 0 Å². The first kappa shape index (κ1) is 32.2. The molecule has 1 aliphatic heterocycles. The molecule has 0 bridgehead atoms. The summed E-state index contributed by atoms with van der Waals surface area (Å²) in [5.74, 6) is -1.63. The third-order valence-electron chi connectivity index (χ3n) is 6.68. The number of benzene rings is 2. The Morgan fingerprint density at radius 1 is 0.902 bits per heavy atom. The summed E-state index contributed by atoms with van der Waals surface area (Å²) < 4.78 is 11.2. The lowest BCUT2D eigenvalue weighted by molar-refractivity contribution is -0.128. The predicted molar refractivity (Wildman–Crippen MR) is 160 cm³/mol. The molecule has 2 aromatic rings. The molecule has 2 aromatic carbocycles. The van der Waals surface area contributed by atoms with Crippen molar-refractivity contribution in [3.05, 3.63) is 84.1 Å². The summed E-state index contributed by atoms with van der Waals surface area (Å²) in [5.41, 5.74) is 2.50. The van der Waals surface area contributed by atoms with Crippen LogP contribution in [0.5, 0.6) is 0 Å². The highest BCUT2D eigenvalue weighted by Crippen LogP contribution is 2.24. The monoisotopic (exact) mass is 580 g/mol. The van der Waals surface area contributed by atoms with Crippen LogP contribution < -0.4 is 10.6 Å². The number of hydrogen-bond acceptors (Lipinski definition) is 8. The molecule has 220 valence electrons. The van der Waals surface area contributed by atoms with E-state index in [1.54, 1.807) is 0 Å². The average molecular weight is 581 g/mol. The number of rotatable bonds is 6. The van der Waals surface area contributed by atoms with E-state index in [9.17, 15) is 19.2 Å². The molecule has 2 N–H and O–H groups in total. The summed E-state index contributed by atoms with van der Waals surface area (Å²) in [4.78, 5) is 52.1. The third kappa shape index (κ3) is 12.0. The van der Waals surface area contributed by atoms with Crippen molar-refractivity contribution in [1.82, 2.24) is 10.6 Å². The molecule has 1 saturated heterocycles. The minimum absolute atomic E-state index is 0.0246.